The van der Waals surface area contributed by atoms with Crippen LogP contribution in [-0.4, -0.2) is 16.3 Å². The molecular formula is C16H21N3. The molecule has 0 spiro atoms. The van der Waals surface area contributed by atoms with Crippen molar-refractivity contribution >= 4 is 0 Å². The molecule has 3 nitrogen and oxygen atoms in total. The molecule has 1 saturated carbocycles. The molecule has 1 aromatic heterocycles. The van der Waals surface area contributed by atoms with Gasteiger partial charge in [-0.1, -0.05) is 36.8 Å². The number of hydrogen-bond donors (Lipinski definition) is 1. The minimum absolute atomic E-state index is 0.851. The third-order valence-electron chi connectivity index (χ3n) is 3.86. The van der Waals surface area contributed by atoms with Crippen molar-refractivity contribution in [2.75, 3.05) is 6.54 Å². The summed E-state index contributed by atoms with van der Waals surface area (Å²) >= 11 is 0. The van der Waals surface area contributed by atoms with Crippen molar-refractivity contribution in [3.63, 3.8) is 0 Å². The van der Waals surface area contributed by atoms with Crippen LogP contribution in [0.1, 0.15) is 30.4 Å². The van der Waals surface area contributed by atoms with E-state index in [2.05, 4.69) is 40.9 Å². The lowest BCUT2D eigenvalue weighted by atomic mass is 9.85. The Morgan fingerprint density at radius 1 is 1.16 bits per heavy atom. The Balaban J connectivity index is 1.48. The fraction of sp³-hybridized carbons (Fsp3) is 0.438. The zero-order chi connectivity index (χ0) is 12.9. The summed E-state index contributed by atoms with van der Waals surface area (Å²) in [7, 11) is 0. The van der Waals surface area contributed by atoms with Gasteiger partial charge >= 0.3 is 0 Å². The summed E-state index contributed by atoms with van der Waals surface area (Å²) in [6, 6.07) is 10.5. The predicted molar refractivity (Wildman–Crippen MR) is 76.8 cm³/mol. The van der Waals surface area contributed by atoms with Gasteiger partial charge in [-0.2, -0.15) is 5.10 Å². The van der Waals surface area contributed by atoms with Crippen molar-refractivity contribution in [1.29, 1.82) is 0 Å². The molecule has 1 N–H and O–H groups in total. The predicted octanol–water partition coefficient (Wildman–Crippen LogP) is 2.82. The fourth-order valence-corrected chi connectivity index (χ4v) is 2.47. The largest absolute Gasteiger partial charge is 0.312 e. The summed E-state index contributed by atoms with van der Waals surface area (Å²) in [4.78, 5) is 0. The Kier molecular flexibility index (Phi) is 3.94. The maximum Gasteiger partial charge on any atom is 0.0659 e. The van der Waals surface area contributed by atoms with E-state index in [1.54, 1.807) is 0 Å². The standard InChI is InChI=1S/C16H21N3/c1-2-5-15(6-3-1)12-19-13-16(11-18-19)10-17-9-14-7-4-8-14/h1-3,5-6,11,13-14,17H,4,7-10,12H2. The van der Waals surface area contributed by atoms with Crippen LogP contribution in [0.4, 0.5) is 0 Å². The molecule has 0 bridgehead atoms. The topological polar surface area (TPSA) is 29.9 Å². The normalized spacial score (nSPS) is 15.4. The Labute approximate surface area is 114 Å². The van der Waals surface area contributed by atoms with Crippen LogP contribution in [0.3, 0.4) is 0 Å². The molecule has 0 saturated heterocycles. The first-order chi connectivity index (χ1) is 9.40. The highest BCUT2D eigenvalue weighted by atomic mass is 15.3. The van der Waals surface area contributed by atoms with Crippen LogP contribution in [-0.2, 0) is 13.1 Å². The van der Waals surface area contributed by atoms with Crippen LogP contribution < -0.4 is 5.32 Å². The first-order valence-electron chi connectivity index (χ1n) is 7.16. The van der Waals surface area contributed by atoms with E-state index >= 15 is 0 Å². The van der Waals surface area contributed by atoms with Crippen LogP contribution in [0.5, 0.6) is 0 Å². The molecule has 1 heterocycles. The molecule has 1 aliphatic carbocycles. The molecule has 0 atom stereocenters. The third-order valence-corrected chi connectivity index (χ3v) is 3.86. The Bertz CT molecular complexity index is 500. The maximum absolute atomic E-state index is 4.42. The minimum atomic E-state index is 0.851. The molecule has 100 valence electrons. The van der Waals surface area contributed by atoms with Crippen molar-refractivity contribution in [2.24, 2.45) is 5.92 Å². The Hall–Kier alpha value is -1.61. The molecule has 1 fully saturated rings. The highest BCUT2D eigenvalue weighted by Gasteiger charge is 2.16. The molecular weight excluding hydrogens is 234 g/mol. The second kappa shape index (κ2) is 6.02. The summed E-state index contributed by atoms with van der Waals surface area (Å²) in [6.45, 7) is 2.94. The second-order valence-corrected chi connectivity index (χ2v) is 5.46. The van der Waals surface area contributed by atoms with E-state index in [0.29, 0.717) is 0 Å². The van der Waals surface area contributed by atoms with Crippen molar-refractivity contribution in [3.05, 3.63) is 53.9 Å². The van der Waals surface area contributed by atoms with Gasteiger partial charge < -0.3 is 5.32 Å². The maximum atomic E-state index is 4.42. The number of nitrogens with zero attached hydrogens (tertiary/aromatic N) is 2. The lowest BCUT2D eigenvalue weighted by molar-refractivity contribution is 0.301. The van der Waals surface area contributed by atoms with E-state index in [-0.39, 0.29) is 0 Å². The second-order valence-electron chi connectivity index (χ2n) is 5.46. The van der Waals surface area contributed by atoms with Crippen LogP contribution in [0.25, 0.3) is 0 Å². The SMILES string of the molecule is c1ccc(Cn2cc(CNCC3CCC3)cn2)cc1. The van der Waals surface area contributed by atoms with E-state index in [0.717, 1.165) is 25.6 Å². The van der Waals surface area contributed by atoms with Gasteiger partial charge in [0.15, 0.2) is 0 Å². The van der Waals surface area contributed by atoms with Gasteiger partial charge in [0.2, 0.25) is 0 Å². The molecule has 0 unspecified atom stereocenters. The van der Waals surface area contributed by atoms with Crippen molar-refractivity contribution in [1.82, 2.24) is 15.1 Å². The van der Waals surface area contributed by atoms with Gasteiger partial charge in [-0.25, -0.2) is 0 Å². The molecule has 19 heavy (non-hydrogen) atoms. The van der Waals surface area contributed by atoms with E-state index in [4.69, 9.17) is 0 Å². The van der Waals surface area contributed by atoms with Crippen LogP contribution in [0.15, 0.2) is 42.7 Å². The number of aromatic nitrogens is 2. The Morgan fingerprint density at radius 2 is 2.00 bits per heavy atom. The number of rotatable bonds is 6. The smallest absolute Gasteiger partial charge is 0.0659 e. The van der Waals surface area contributed by atoms with Crippen molar-refractivity contribution < 1.29 is 0 Å². The molecule has 1 aromatic carbocycles. The number of hydrogen-bond acceptors (Lipinski definition) is 2. The molecule has 0 aliphatic heterocycles. The highest BCUT2D eigenvalue weighted by Crippen LogP contribution is 2.25. The van der Waals surface area contributed by atoms with E-state index < -0.39 is 0 Å². The van der Waals surface area contributed by atoms with E-state index in [9.17, 15) is 0 Å². The van der Waals surface area contributed by atoms with Gasteiger partial charge in [-0.15, -0.1) is 0 Å². The number of nitrogens with one attached hydrogen (secondary N) is 1. The van der Waals surface area contributed by atoms with Crippen LogP contribution in [0.2, 0.25) is 0 Å². The minimum Gasteiger partial charge on any atom is -0.312 e. The molecule has 0 radical (unpaired) electrons. The van der Waals surface area contributed by atoms with Gasteiger partial charge in [-0.3, -0.25) is 4.68 Å². The molecule has 3 rings (SSSR count). The van der Waals surface area contributed by atoms with Gasteiger partial charge in [0.1, 0.15) is 0 Å². The van der Waals surface area contributed by atoms with Gasteiger partial charge in [0.05, 0.1) is 12.7 Å². The summed E-state index contributed by atoms with van der Waals surface area (Å²) < 4.78 is 2.01. The highest BCUT2D eigenvalue weighted by molar-refractivity contribution is 5.15. The lowest BCUT2D eigenvalue weighted by Crippen LogP contribution is -2.26. The lowest BCUT2D eigenvalue weighted by Gasteiger charge is -2.25. The number of benzene rings is 1. The summed E-state index contributed by atoms with van der Waals surface area (Å²) in [5, 5.41) is 7.95. The van der Waals surface area contributed by atoms with Gasteiger partial charge in [-0.05, 0) is 30.9 Å². The van der Waals surface area contributed by atoms with Crippen LogP contribution in [0, 0.1) is 5.92 Å². The summed E-state index contributed by atoms with van der Waals surface area (Å²) in [5.41, 5.74) is 2.56. The van der Waals surface area contributed by atoms with Gasteiger partial charge in [0.25, 0.3) is 0 Å². The van der Waals surface area contributed by atoms with E-state index in [1.165, 1.54) is 30.4 Å². The van der Waals surface area contributed by atoms with Crippen molar-refractivity contribution in [2.45, 2.75) is 32.4 Å². The average molecular weight is 255 g/mol. The third kappa shape index (κ3) is 3.44. The zero-order valence-electron chi connectivity index (χ0n) is 11.3. The Morgan fingerprint density at radius 3 is 2.74 bits per heavy atom. The monoisotopic (exact) mass is 255 g/mol. The molecule has 2 aromatic rings. The first-order valence-corrected chi connectivity index (χ1v) is 7.16. The molecule has 1 aliphatic rings. The summed E-state index contributed by atoms with van der Waals surface area (Å²) in [6.07, 6.45) is 8.33. The van der Waals surface area contributed by atoms with E-state index in [1.807, 2.05) is 16.9 Å². The summed E-state index contributed by atoms with van der Waals surface area (Å²) in [5.74, 6) is 0.916. The average Bonchev–Trinajstić information content (AvgIpc) is 2.81. The quantitative estimate of drug-likeness (QED) is 0.860. The van der Waals surface area contributed by atoms with Crippen molar-refractivity contribution in [3.8, 4) is 0 Å². The van der Waals surface area contributed by atoms with Crippen LogP contribution >= 0.6 is 0 Å². The van der Waals surface area contributed by atoms with Gasteiger partial charge in [0, 0.05) is 18.3 Å². The first kappa shape index (κ1) is 12.4. The fourth-order valence-electron chi connectivity index (χ4n) is 2.47. The zero-order valence-corrected chi connectivity index (χ0v) is 11.3. The molecule has 3 heteroatoms. The molecule has 0 amide bonds.